The molecule has 1 saturated heterocycles. The molecular formula is C34H51NO4. The zero-order valence-corrected chi connectivity index (χ0v) is 24.4. The summed E-state index contributed by atoms with van der Waals surface area (Å²) < 4.78 is 5.99. The Bertz CT molecular complexity index is 1020. The third kappa shape index (κ3) is 4.78. The summed E-state index contributed by atoms with van der Waals surface area (Å²) in [4.78, 5) is 15.3. The van der Waals surface area contributed by atoms with Crippen molar-refractivity contribution in [2.45, 2.75) is 103 Å². The van der Waals surface area contributed by atoms with E-state index >= 15 is 0 Å². The van der Waals surface area contributed by atoms with Gasteiger partial charge in [0.05, 0.1) is 25.4 Å². The average Bonchev–Trinajstić information content (AvgIpc) is 3.32. The van der Waals surface area contributed by atoms with Crippen molar-refractivity contribution >= 4 is 5.91 Å². The Morgan fingerprint density at radius 3 is 2.64 bits per heavy atom. The summed E-state index contributed by atoms with van der Waals surface area (Å²) in [6.07, 6.45) is 9.92. The predicted molar refractivity (Wildman–Crippen MR) is 153 cm³/mol. The van der Waals surface area contributed by atoms with Crippen LogP contribution in [0.4, 0.5) is 0 Å². The third-order valence-corrected chi connectivity index (χ3v) is 12.9. The van der Waals surface area contributed by atoms with Gasteiger partial charge in [-0.3, -0.25) is 4.79 Å². The molecule has 1 aliphatic heterocycles. The van der Waals surface area contributed by atoms with Crippen LogP contribution in [0.15, 0.2) is 30.3 Å². The fraction of sp³-hybridized carbons (Fsp3) is 0.794. The molecule has 216 valence electrons. The Morgan fingerprint density at radius 1 is 1.05 bits per heavy atom. The number of rotatable bonds is 5. The molecule has 5 fully saturated rings. The van der Waals surface area contributed by atoms with E-state index in [1.807, 2.05) is 23.1 Å². The molecule has 5 heteroatoms. The topological polar surface area (TPSA) is 70.0 Å². The number of hydrogen-bond donors (Lipinski definition) is 2. The van der Waals surface area contributed by atoms with E-state index in [-0.39, 0.29) is 35.0 Å². The van der Waals surface area contributed by atoms with E-state index in [1.165, 1.54) is 25.7 Å². The number of fused-ring (bicyclic) bond motifs is 5. The average molecular weight is 538 g/mol. The first-order chi connectivity index (χ1) is 18.7. The first-order valence-corrected chi connectivity index (χ1v) is 16.0. The number of aliphatic hydroxyl groups excluding tert-OH is 2. The van der Waals surface area contributed by atoms with Gasteiger partial charge in [-0.2, -0.15) is 0 Å². The zero-order chi connectivity index (χ0) is 27.4. The van der Waals surface area contributed by atoms with Crippen LogP contribution in [0.3, 0.4) is 0 Å². The first-order valence-electron chi connectivity index (χ1n) is 16.0. The molecule has 1 amide bonds. The van der Waals surface area contributed by atoms with Gasteiger partial charge in [-0.05, 0) is 110 Å². The van der Waals surface area contributed by atoms with Crippen molar-refractivity contribution in [2.75, 3.05) is 19.7 Å². The van der Waals surface area contributed by atoms with Crippen molar-refractivity contribution in [1.29, 1.82) is 0 Å². The van der Waals surface area contributed by atoms with Crippen LogP contribution >= 0.6 is 0 Å². The molecule has 1 aromatic carbocycles. The van der Waals surface area contributed by atoms with Crippen molar-refractivity contribution in [2.24, 2.45) is 46.3 Å². The number of aliphatic hydroxyl groups is 2. The van der Waals surface area contributed by atoms with Crippen molar-refractivity contribution in [3.63, 3.8) is 0 Å². The molecule has 6 rings (SSSR count). The van der Waals surface area contributed by atoms with Crippen molar-refractivity contribution < 1.29 is 19.7 Å². The lowest BCUT2D eigenvalue weighted by atomic mass is 9.43. The molecule has 5 nitrogen and oxygen atoms in total. The first kappa shape index (κ1) is 27.7. The standard InChI is InChI=1S/C34H51NO4/c1-22(9-14-32(38)35-17-18-39-30(21-35)23-7-5-4-6-8-23)27-12-13-28-26-11-10-24-19-25(36)15-16-33(24,2)29(26)20-31(37)34(27,28)3/h4-8,22,24-31,36-37H,9-21H2,1-3H3/t22-,24-,25-,26+,27-,28+,29+,30-,31+,33+,34-/m1/s1. The fourth-order valence-corrected chi connectivity index (χ4v) is 10.6. The summed E-state index contributed by atoms with van der Waals surface area (Å²) in [5.41, 5.74) is 1.37. The van der Waals surface area contributed by atoms with Gasteiger partial charge in [-0.1, -0.05) is 51.1 Å². The lowest BCUT2D eigenvalue weighted by molar-refractivity contribution is -0.175. The van der Waals surface area contributed by atoms with Crippen molar-refractivity contribution in [3.05, 3.63) is 35.9 Å². The number of ether oxygens (including phenoxy) is 1. The van der Waals surface area contributed by atoms with Gasteiger partial charge >= 0.3 is 0 Å². The van der Waals surface area contributed by atoms with E-state index < -0.39 is 0 Å². The van der Waals surface area contributed by atoms with E-state index in [1.54, 1.807) is 0 Å². The second-order valence-electron chi connectivity index (χ2n) is 14.5. The van der Waals surface area contributed by atoms with E-state index in [0.29, 0.717) is 61.6 Å². The summed E-state index contributed by atoms with van der Waals surface area (Å²) >= 11 is 0. The zero-order valence-electron chi connectivity index (χ0n) is 24.4. The Hall–Kier alpha value is -1.43. The summed E-state index contributed by atoms with van der Waals surface area (Å²) in [7, 11) is 0. The largest absolute Gasteiger partial charge is 0.393 e. The van der Waals surface area contributed by atoms with Gasteiger partial charge in [-0.25, -0.2) is 0 Å². The maximum absolute atomic E-state index is 13.3. The molecule has 39 heavy (non-hydrogen) atoms. The SMILES string of the molecule is C[C@H](CCC(=O)N1CCO[C@@H](c2ccccc2)C1)[C@H]1CC[C@H]2[C@@H]3CC[C@@H]4C[C@H](O)CC[C@]4(C)[C@H]3C[C@H](O)[C@]12C. The third-order valence-electron chi connectivity index (χ3n) is 12.9. The van der Waals surface area contributed by atoms with Crippen LogP contribution in [0.5, 0.6) is 0 Å². The summed E-state index contributed by atoms with van der Waals surface area (Å²) in [6, 6.07) is 10.2. The van der Waals surface area contributed by atoms with Crippen LogP contribution in [0, 0.1) is 46.3 Å². The van der Waals surface area contributed by atoms with Crippen LogP contribution in [-0.4, -0.2) is 52.9 Å². The molecular weight excluding hydrogens is 486 g/mol. The van der Waals surface area contributed by atoms with Crippen LogP contribution < -0.4 is 0 Å². The molecule has 1 aromatic rings. The van der Waals surface area contributed by atoms with Gasteiger partial charge in [-0.15, -0.1) is 0 Å². The highest BCUT2D eigenvalue weighted by atomic mass is 16.5. The highest BCUT2D eigenvalue weighted by Gasteiger charge is 2.63. The minimum atomic E-state index is -0.261. The lowest BCUT2D eigenvalue weighted by Gasteiger charge is -2.62. The molecule has 1 heterocycles. The molecule has 0 radical (unpaired) electrons. The predicted octanol–water partition coefficient (Wildman–Crippen LogP) is 5.99. The second-order valence-corrected chi connectivity index (χ2v) is 14.5. The minimum absolute atomic E-state index is 0.0365. The Balaban J connectivity index is 1.09. The molecule has 0 bridgehead atoms. The maximum atomic E-state index is 13.3. The highest BCUT2D eigenvalue weighted by molar-refractivity contribution is 5.76. The summed E-state index contributed by atoms with van der Waals surface area (Å²) in [6.45, 7) is 9.15. The second kappa shape index (κ2) is 10.8. The van der Waals surface area contributed by atoms with E-state index in [9.17, 15) is 15.0 Å². The quantitative estimate of drug-likeness (QED) is 0.484. The van der Waals surface area contributed by atoms with Gasteiger partial charge in [0.15, 0.2) is 0 Å². The Morgan fingerprint density at radius 2 is 1.85 bits per heavy atom. The maximum Gasteiger partial charge on any atom is 0.222 e. The Kier molecular flexibility index (Phi) is 7.65. The van der Waals surface area contributed by atoms with Gasteiger partial charge in [0.1, 0.15) is 6.10 Å². The minimum Gasteiger partial charge on any atom is -0.393 e. The number of benzene rings is 1. The summed E-state index contributed by atoms with van der Waals surface area (Å²) in [5, 5.41) is 22.2. The van der Waals surface area contributed by atoms with Crippen molar-refractivity contribution in [1.82, 2.24) is 4.90 Å². The number of carbonyl (C=O) groups is 1. The highest BCUT2D eigenvalue weighted by Crippen LogP contribution is 2.68. The number of amides is 1. The van der Waals surface area contributed by atoms with E-state index in [2.05, 4.69) is 32.9 Å². The van der Waals surface area contributed by atoms with Crippen molar-refractivity contribution in [3.8, 4) is 0 Å². The van der Waals surface area contributed by atoms with E-state index in [0.717, 1.165) is 37.7 Å². The van der Waals surface area contributed by atoms with Gasteiger partial charge < -0.3 is 19.8 Å². The molecule has 4 aliphatic carbocycles. The fourth-order valence-electron chi connectivity index (χ4n) is 10.6. The number of morpholine rings is 1. The number of carbonyl (C=O) groups excluding carboxylic acids is 1. The van der Waals surface area contributed by atoms with Crippen LogP contribution in [-0.2, 0) is 9.53 Å². The molecule has 0 unspecified atom stereocenters. The van der Waals surface area contributed by atoms with Gasteiger partial charge in [0.25, 0.3) is 0 Å². The molecule has 0 spiro atoms. The molecule has 4 saturated carbocycles. The normalized spacial score (nSPS) is 44.7. The molecule has 2 N–H and O–H groups in total. The molecule has 5 aliphatic rings. The van der Waals surface area contributed by atoms with E-state index in [4.69, 9.17) is 4.74 Å². The monoisotopic (exact) mass is 537 g/mol. The number of hydrogen-bond acceptors (Lipinski definition) is 4. The summed E-state index contributed by atoms with van der Waals surface area (Å²) in [5.74, 6) is 3.65. The smallest absolute Gasteiger partial charge is 0.222 e. The van der Waals surface area contributed by atoms with Crippen LogP contribution in [0.25, 0.3) is 0 Å². The van der Waals surface area contributed by atoms with Gasteiger partial charge in [0.2, 0.25) is 5.91 Å². The molecule has 11 atom stereocenters. The van der Waals surface area contributed by atoms with Crippen LogP contribution in [0.2, 0.25) is 0 Å². The van der Waals surface area contributed by atoms with Gasteiger partial charge in [0, 0.05) is 13.0 Å². The lowest BCUT2D eigenvalue weighted by Crippen LogP contribution is -2.58. The Labute approximate surface area is 235 Å². The molecule has 0 aromatic heterocycles. The van der Waals surface area contributed by atoms with Crippen LogP contribution in [0.1, 0.15) is 96.6 Å². The number of nitrogens with zero attached hydrogens (tertiary/aromatic N) is 1.